The van der Waals surface area contributed by atoms with Crippen LogP contribution in [-0.4, -0.2) is 30.1 Å². The molecule has 30 heavy (non-hydrogen) atoms. The minimum atomic E-state index is -1.22. The Morgan fingerprint density at radius 1 is 1.03 bits per heavy atom. The number of ketones is 1. The van der Waals surface area contributed by atoms with E-state index in [4.69, 9.17) is 32.9 Å². The van der Waals surface area contributed by atoms with E-state index >= 15 is 0 Å². The second-order valence-corrected chi connectivity index (χ2v) is 8.79. The van der Waals surface area contributed by atoms with Gasteiger partial charge >= 0.3 is 5.97 Å². The topological polar surface area (TPSA) is 55.7 Å². The minimum Gasteiger partial charge on any atom is -0.464 e. The van der Waals surface area contributed by atoms with Crippen molar-refractivity contribution in [2.75, 3.05) is 6.61 Å². The molecule has 4 nitrogen and oxygen atoms in total. The van der Waals surface area contributed by atoms with Crippen molar-refractivity contribution in [3.05, 3.63) is 69.7 Å². The van der Waals surface area contributed by atoms with Gasteiger partial charge in [0.05, 0.1) is 12.0 Å². The molecule has 1 saturated carbocycles. The molecule has 1 aliphatic carbocycles. The third-order valence-electron chi connectivity index (χ3n) is 6.57. The highest BCUT2D eigenvalue weighted by Crippen LogP contribution is 2.62. The zero-order chi connectivity index (χ0) is 21.5. The molecule has 0 amide bonds. The van der Waals surface area contributed by atoms with Crippen molar-refractivity contribution >= 4 is 41.2 Å². The Kier molecular flexibility index (Phi) is 5.50. The summed E-state index contributed by atoms with van der Waals surface area (Å²) in [6.45, 7) is 3.99. The number of benzene rings is 2. The molecule has 2 aliphatic rings. The van der Waals surface area contributed by atoms with Gasteiger partial charge in [-0.2, -0.15) is 0 Å². The summed E-state index contributed by atoms with van der Waals surface area (Å²) in [5.41, 5.74) is -0.354. The second kappa shape index (κ2) is 7.82. The van der Waals surface area contributed by atoms with Crippen LogP contribution in [0.25, 0.3) is 0 Å². The highest BCUT2D eigenvalue weighted by atomic mass is 35.5. The lowest BCUT2D eigenvalue weighted by molar-refractivity contribution is -0.155. The molecule has 6 heteroatoms. The van der Waals surface area contributed by atoms with E-state index in [1.807, 2.05) is 31.2 Å². The molecule has 4 atom stereocenters. The number of carbonyl (C=O) groups excluding carboxylic acids is 2. The highest BCUT2D eigenvalue weighted by molar-refractivity contribution is 6.30. The normalized spacial score (nSPS) is 29.8. The fraction of sp³-hybridized carbons (Fsp3) is 0.375. The largest absolute Gasteiger partial charge is 0.464 e. The molecular weight excluding hydrogens is 421 g/mol. The zero-order valence-corrected chi connectivity index (χ0v) is 18.4. The van der Waals surface area contributed by atoms with Gasteiger partial charge in [-0.3, -0.25) is 9.79 Å². The standard InChI is InChI=1S/C24H23Cl2NO3/c1-3-23-14-27-24(22(29)30-4-2,21(23)16-7-11-18(26)12-8-16)19(13-20(23)28)15-5-9-17(25)10-6-15/h5-12,14,19,21H,3-4,13H2,1-2H3/t19-,21+,23-,24+/m1/s1. The van der Waals surface area contributed by atoms with Crippen molar-refractivity contribution < 1.29 is 14.3 Å². The van der Waals surface area contributed by atoms with Crippen LogP contribution in [0.5, 0.6) is 0 Å². The van der Waals surface area contributed by atoms with Gasteiger partial charge in [-0.25, -0.2) is 4.79 Å². The maximum Gasteiger partial charge on any atom is 0.335 e. The summed E-state index contributed by atoms with van der Waals surface area (Å²) >= 11 is 12.2. The summed E-state index contributed by atoms with van der Waals surface area (Å²) in [5.74, 6) is -1.22. The van der Waals surface area contributed by atoms with Gasteiger partial charge in [0.1, 0.15) is 5.78 Å². The molecular formula is C24H23Cl2NO3. The fourth-order valence-electron chi connectivity index (χ4n) is 5.14. The molecule has 0 N–H and O–H groups in total. The number of carbonyl (C=O) groups is 2. The number of rotatable bonds is 5. The van der Waals surface area contributed by atoms with Gasteiger partial charge in [-0.15, -0.1) is 0 Å². The maximum atomic E-state index is 13.5. The van der Waals surface area contributed by atoms with E-state index in [9.17, 15) is 9.59 Å². The molecule has 4 rings (SSSR count). The average molecular weight is 444 g/mol. The number of nitrogens with zero attached hydrogens (tertiary/aromatic N) is 1. The maximum absolute atomic E-state index is 13.5. The Labute approximate surface area is 186 Å². The van der Waals surface area contributed by atoms with Crippen LogP contribution in [0.15, 0.2) is 53.5 Å². The summed E-state index contributed by atoms with van der Waals surface area (Å²) in [4.78, 5) is 31.9. The van der Waals surface area contributed by atoms with E-state index in [2.05, 4.69) is 0 Å². The summed E-state index contributed by atoms with van der Waals surface area (Å²) in [6, 6.07) is 14.6. The molecule has 1 heterocycles. The number of ether oxygens (including phenoxy) is 1. The Balaban J connectivity index is 1.96. The molecule has 0 spiro atoms. The van der Waals surface area contributed by atoms with E-state index in [0.29, 0.717) is 16.5 Å². The first-order valence-electron chi connectivity index (χ1n) is 10.2. The number of aliphatic imine (C=N–C) groups is 1. The van der Waals surface area contributed by atoms with Crippen molar-refractivity contribution in [3.63, 3.8) is 0 Å². The van der Waals surface area contributed by atoms with E-state index in [1.165, 1.54) is 0 Å². The van der Waals surface area contributed by atoms with E-state index < -0.39 is 28.8 Å². The Bertz CT molecular complexity index is 1000. The van der Waals surface area contributed by atoms with E-state index in [-0.39, 0.29) is 18.8 Å². The van der Waals surface area contributed by atoms with Gasteiger partial charge in [0, 0.05) is 34.5 Å². The summed E-state index contributed by atoms with van der Waals surface area (Å²) in [6.07, 6.45) is 2.48. The quantitative estimate of drug-likeness (QED) is 0.563. The molecule has 0 saturated heterocycles. The lowest BCUT2D eigenvalue weighted by atomic mass is 9.52. The summed E-state index contributed by atoms with van der Waals surface area (Å²) in [7, 11) is 0. The summed E-state index contributed by atoms with van der Waals surface area (Å²) in [5, 5.41) is 1.19. The van der Waals surface area contributed by atoms with Gasteiger partial charge in [0.15, 0.2) is 5.54 Å². The number of hydrogen-bond acceptors (Lipinski definition) is 4. The van der Waals surface area contributed by atoms with Gasteiger partial charge in [-0.1, -0.05) is 54.4 Å². The Morgan fingerprint density at radius 2 is 1.60 bits per heavy atom. The molecule has 0 unspecified atom stereocenters. The van der Waals surface area contributed by atoms with Crippen LogP contribution in [0.3, 0.4) is 0 Å². The number of Topliss-reactive ketones (excluding diaryl/α,β-unsaturated/α-hetero) is 1. The van der Waals surface area contributed by atoms with Crippen molar-refractivity contribution in [1.29, 1.82) is 0 Å². The first-order valence-corrected chi connectivity index (χ1v) is 10.9. The van der Waals surface area contributed by atoms with E-state index in [1.54, 1.807) is 37.4 Å². The average Bonchev–Trinajstić information content (AvgIpc) is 3.04. The van der Waals surface area contributed by atoms with Crippen molar-refractivity contribution in [2.24, 2.45) is 10.4 Å². The van der Waals surface area contributed by atoms with Gasteiger partial charge in [0.2, 0.25) is 0 Å². The van der Waals surface area contributed by atoms with E-state index in [0.717, 1.165) is 11.1 Å². The van der Waals surface area contributed by atoms with Crippen LogP contribution in [0, 0.1) is 5.41 Å². The monoisotopic (exact) mass is 443 g/mol. The Hall–Kier alpha value is -2.17. The smallest absolute Gasteiger partial charge is 0.335 e. The fourth-order valence-corrected chi connectivity index (χ4v) is 5.40. The molecule has 0 aromatic heterocycles. The second-order valence-electron chi connectivity index (χ2n) is 7.91. The van der Waals surface area contributed by atoms with Gasteiger partial charge in [0.25, 0.3) is 0 Å². The first kappa shape index (κ1) is 21.1. The number of fused-ring (bicyclic) bond motifs is 2. The zero-order valence-electron chi connectivity index (χ0n) is 16.9. The van der Waals surface area contributed by atoms with Crippen molar-refractivity contribution in [2.45, 2.75) is 44.1 Å². The molecule has 2 aromatic rings. The van der Waals surface area contributed by atoms with Crippen molar-refractivity contribution in [3.8, 4) is 0 Å². The number of hydrogen-bond donors (Lipinski definition) is 0. The molecule has 2 aromatic carbocycles. The van der Waals surface area contributed by atoms with Crippen LogP contribution < -0.4 is 0 Å². The first-order chi connectivity index (χ1) is 14.4. The van der Waals surface area contributed by atoms with Crippen LogP contribution in [-0.2, 0) is 14.3 Å². The molecule has 0 radical (unpaired) electrons. The predicted molar refractivity (Wildman–Crippen MR) is 119 cm³/mol. The highest BCUT2D eigenvalue weighted by Gasteiger charge is 2.69. The number of esters is 1. The minimum absolute atomic E-state index is 0.0890. The SMILES string of the molecule is CCOC(=O)[C@]12N=C[C@](CC)(C(=O)C[C@@H]1c1ccc(Cl)cc1)[C@@H]2c1ccc(Cl)cc1. The molecule has 1 aliphatic heterocycles. The van der Waals surface area contributed by atoms with Gasteiger partial charge < -0.3 is 4.74 Å². The van der Waals surface area contributed by atoms with Gasteiger partial charge in [-0.05, 0) is 48.7 Å². The lowest BCUT2D eigenvalue weighted by Crippen LogP contribution is -2.57. The van der Waals surface area contributed by atoms with Crippen molar-refractivity contribution in [1.82, 2.24) is 0 Å². The third kappa shape index (κ3) is 3.00. The molecule has 2 bridgehead atoms. The number of halogens is 2. The van der Waals surface area contributed by atoms with Crippen LogP contribution in [0.4, 0.5) is 0 Å². The summed E-state index contributed by atoms with van der Waals surface area (Å²) < 4.78 is 5.56. The predicted octanol–water partition coefficient (Wildman–Crippen LogP) is 5.62. The van der Waals surface area contributed by atoms with Crippen LogP contribution in [0.1, 0.15) is 49.7 Å². The van der Waals surface area contributed by atoms with Crippen LogP contribution in [0.2, 0.25) is 10.0 Å². The molecule has 156 valence electrons. The molecule has 1 fully saturated rings. The Morgan fingerprint density at radius 3 is 2.13 bits per heavy atom. The third-order valence-corrected chi connectivity index (χ3v) is 7.07. The lowest BCUT2D eigenvalue weighted by Gasteiger charge is -2.48. The van der Waals surface area contributed by atoms with Crippen LogP contribution >= 0.6 is 23.2 Å².